The topological polar surface area (TPSA) is 16.4 Å². The van der Waals surface area contributed by atoms with Crippen molar-refractivity contribution in [3.63, 3.8) is 0 Å². The van der Waals surface area contributed by atoms with Crippen LogP contribution in [0.25, 0.3) is 66.1 Å². The van der Waals surface area contributed by atoms with Gasteiger partial charge in [-0.05, 0) is 97.3 Å². The summed E-state index contributed by atoms with van der Waals surface area (Å²) < 4.78 is 194. The molecule has 2 nitrogen and oxygen atoms in total. The Morgan fingerprint density at radius 1 is 0.393 bits per heavy atom. The molecule has 0 unspecified atom stereocenters. The van der Waals surface area contributed by atoms with Crippen LogP contribution in [0, 0.1) is 0 Å². The van der Waals surface area contributed by atoms with Gasteiger partial charge in [-0.1, -0.05) is 200 Å². The molecule has 0 bridgehead atoms. The summed E-state index contributed by atoms with van der Waals surface area (Å²) in [5.74, 6) is 0. The van der Waals surface area contributed by atoms with Gasteiger partial charge in [0.1, 0.15) is 5.58 Å². The molecule has 0 amide bonds. The van der Waals surface area contributed by atoms with E-state index in [-0.39, 0.29) is 55.1 Å². The van der Waals surface area contributed by atoms with Crippen LogP contribution in [0.2, 0.25) is 0 Å². The van der Waals surface area contributed by atoms with Crippen molar-refractivity contribution in [2.75, 3.05) is 4.90 Å². The number of rotatable bonds is 7. The zero-order chi connectivity index (χ0) is 57.7. The van der Waals surface area contributed by atoms with Crippen LogP contribution in [-0.4, -0.2) is 0 Å². The molecule has 0 aliphatic heterocycles. The first kappa shape index (κ1) is 20.4. The number of nitrogens with zero attached hydrogens (tertiary/aromatic N) is 1. The van der Waals surface area contributed by atoms with Crippen molar-refractivity contribution in [1.82, 2.24) is 0 Å². The van der Waals surface area contributed by atoms with Crippen molar-refractivity contribution in [2.24, 2.45) is 0 Å². The zero-order valence-electron chi connectivity index (χ0n) is 51.8. The summed E-state index contributed by atoms with van der Waals surface area (Å²) in [6.07, 6.45) is 0. The molecule has 12 rings (SSSR count). The molecule has 1 aliphatic carbocycles. The minimum atomic E-state index is -1.79. The van der Waals surface area contributed by atoms with Crippen LogP contribution in [0.1, 0.15) is 49.7 Å². The molecule has 0 N–H and O–H groups in total. The largest absolute Gasteiger partial charge is 0.453 e. The summed E-state index contributed by atoms with van der Waals surface area (Å²) in [7, 11) is 0. The van der Waals surface area contributed by atoms with Crippen molar-refractivity contribution in [2.45, 2.75) is 5.41 Å². The monoisotopic (exact) mass is 797 g/mol. The highest BCUT2D eigenvalue weighted by molar-refractivity contribution is 6.17. The Balaban J connectivity index is 1.22. The van der Waals surface area contributed by atoms with E-state index in [4.69, 9.17) is 14.0 Å². The Morgan fingerprint density at radius 3 is 1.74 bits per heavy atom. The summed E-state index contributed by atoms with van der Waals surface area (Å²) in [4.78, 5) is 1.11. The van der Waals surface area contributed by atoms with Gasteiger partial charge < -0.3 is 9.32 Å². The molecule has 0 spiro atoms. The average Bonchev–Trinajstić information content (AvgIpc) is 1.81. The maximum atomic E-state index is 10.1. The number of hydrogen-bond donors (Lipinski definition) is 0. The van der Waals surface area contributed by atoms with E-state index >= 15 is 0 Å². The molecule has 0 fully saturated rings. The third kappa shape index (κ3) is 5.43. The molecule has 0 radical (unpaired) electrons. The number of fused-ring (bicyclic) bond motifs is 8. The lowest BCUT2D eigenvalue weighted by Gasteiger charge is -2.34. The maximum absolute atomic E-state index is 10.1. The summed E-state index contributed by atoms with van der Waals surface area (Å²) >= 11 is 0. The number of benzene rings is 10. The van der Waals surface area contributed by atoms with Crippen LogP contribution in [0.4, 0.5) is 17.1 Å². The molecule has 1 aliphatic rings. The standard InChI is InChI=1S/C59H39NO/c1-4-16-40(17-5-1)41-30-35-46(36-31-41)60(55-29-15-26-50-51-39-34-42-18-10-11-23-49(42)57(51)61-58(50)55)47-37-32-43(33-38-47)48-25-14-28-54-56(48)52-24-12-13-27-53(52)59(54,44-19-6-2-7-20-44)45-21-8-3-9-22-45/h1-39H/i10D,11D,12D,13D,14D,15D,18D,23D,24D,25D,26D,27D,28D,29D,32D,33D,34D,37D,38D,39D. The molecular weight excluding hydrogens is 739 g/mol. The lowest BCUT2D eigenvalue weighted by Crippen LogP contribution is -2.28. The smallest absolute Gasteiger partial charge is 0.159 e. The van der Waals surface area contributed by atoms with Gasteiger partial charge in [0.25, 0.3) is 0 Å². The van der Waals surface area contributed by atoms with E-state index in [1.54, 1.807) is 84.9 Å². The van der Waals surface area contributed by atoms with Crippen LogP contribution < -0.4 is 4.90 Å². The van der Waals surface area contributed by atoms with Gasteiger partial charge in [0.2, 0.25) is 0 Å². The quantitative estimate of drug-likeness (QED) is 0.160. The van der Waals surface area contributed by atoms with E-state index in [2.05, 4.69) is 0 Å². The number of anilines is 3. The molecule has 11 aromatic rings. The predicted octanol–water partition coefficient (Wildman–Crippen LogP) is 15.9. The van der Waals surface area contributed by atoms with Crippen LogP contribution in [0.3, 0.4) is 0 Å². The molecule has 0 saturated carbocycles. The molecule has 0 atom stereocenters. The molecule has 1 heterocycles. The lowest BCUT2D eigenvalue weighted by atomic mass is 9.67. The summed E-state index contributed by atoms with van der Waals surface area (Å²) in [5.41, 5.74) is -2.81. The van der Waals surface area contributed by atoms with Gasteiger partial charge in [0.05, 0.1) is 38.5 Å². The van der Waals surface area contributed by atoms with Crippen LogP contribution >= 0.6 is 0 Å². The van der Waals surface area contributed by atoms with Gasteiger partial charge in [-0.15, -0.1) is 0 Å². The van der Waals surface area contributed by atoms with Crippen molar-refractivity contribution in [3.05, 3.63) is 258 Å². The fraction of sp³-hybridized carbons (Fsp3) is 0.0169. The van der Waals surface area contributed by atoms with E-state index in [1.165, 1.54) is 0 Å². The van der Waals surface area contributed by atoms with Gasteiger partial charge in [0, 0.05) is 27.5 Å². The van der Waals surface area contributed by atoms with Crippen molar-refractivity contribution in [3.8, 4) is 33.4 Å². The van der Waals surface area contributed by atoms with Crippen LogP contribution in [-0.2, 0) is 5.41 Å². The van der Waals surface area contributed by atoms with E-state index < -0.39 is 154 Å². The van der Waals surface area contributed by atoms with Gasteiger partial charge >= 0.3 is 0 Å². The molecular formula is C59H39NO. The van der Waals surface area contributed by atoms with E-state index in [1.807, 2.05) is 30.3 Å². The van der Waals surface area contributed by atoms with E-state index in [0.717, 1.165) is 10.5 Å². The Labute approximate surface area is 383 Å². The minimum Gasteiger partial charge on any atom is -0.453 e. The Bertz CT molecular complexity index is 4500. The van der Waals surface area contributed by atoms with Crippen LogP contribution in [0.5, 0.6) is 0 Å². The fourth-order valence-corrected chi connectivity index (χ4v) is 8.58. The maximum Gasteiger partial charge on any atom is 0.159 e. The van der Waals surface area contributed by atoms with Gasteiger partial charge in [0.15, 0.2) is 5.58 Å². The highest BCUT2D eigenvalue weighted by atomic mass is 16.3. The molecule has 0 saturated heterocycles. The second kappa shape index (κ2) is 14.1. The summed E-state index contributed by atoms with van der Waals surface area (Å²) in [5, 5.41) is -1.33. The first-order valence-electron chi connectivity index (χ1n) is 29.4. The molecule has 1 aromatic heterocycles. The first-order valence-corrected chi connectivity index (χ1v) is 19.4. The normalized spacial score (nSPS) is 17.3. The molecule has 286 valence electrons. The SMILES string of the molecule is [2H]c1c([2H])c([2H])c2c(c1[2H])-c1c(-c3c([2H])c([2H])c(N(c4ccc(-c5ccccc5)cc4)c4c([2H])c([2H])c([2H])c5c4oc4c6c([2H])c([2H])c([2H])c([2H])c6c([2H])c([2H])c45)c([2H])c3[2H])c([2H])c([2H])c([2H])c1C2(c1ccccc1)c1ccccc1. The average molecular weight is 798 g/mol. The lowest BCUT2D eigenvalue weighted by molar-refractivity contribution is 0.673. The molecule has 2 heteroatoms. The van der Waals surface area contributed by atoms with Gasteiger partial charge in [-0.2, -0.15) is 0 Å². The fourth-order valence-electron chi connectivity index (χ4n) is 8.58. The number of hydrogen-bond acceptors (Lipinski definition) is 2. The highest BCUT2D eigenvalue weighted by Crippen LogP contribution is 2.58. The predicted molar refractivity (Wildman–Crippen MR) is 254 cm³/mol. The third-order valence-electron chi connectivity index (χ3n) is 11.2. The first-order chi connectivity index (χ1) is 38.6. The summed E-state index contributed by atoms with van der Waals surface area (Å²) in [6, 6.07) is 19.0. The second-order valence-corrected chi connectivity index (χ2v) is 14.4. The molecule has 61 heavy (non-hydrogen) atoms. The Morgan fingerprint density at radius 2 is 0.984 bits per heavy atom. The number of furan rings is 1. The Hall–Kier alpha value is -7.94. The molecule has 10 aromatic carbocycles. The van der Waals surface area contributed by atoms with Crippen LogP contribution in [0.15, 0.2) is 241 Å². The third-order valence-corrected chi connectivity index (χ3v) is 11.2. The van der Waals surface area contributed by atoms with Gasteiger partial charge in [-0.3, -0.25) is 0 Å². The van der Waals surface area contributed by atoms with Crippen molar-refractivity contribution in [1.29, 1.82) is 0 Å². The zero-order valence-corrected chi connectivity index (χ0v) is 31.8. The van der Waals surface area contributed by atoms with Crippen molar-refractivity contribution >= 4 is 49.8 Å². The van der Waals surface area contributed by atoms with Crippen molar-refractivity contribution < 1.29 is 31.8 Å². The summed E-state index contributed by atoms with van der Waals surface area (Å²) in [6.45, 7) is 0. The second-order valence-electron chi connectivity index (χ2n) is 14.4. The highest BCUT2D eigenvalue weighted by Gasteiger charge is 2.46. The van der Waals surface area contributed by atoms with E-state index in [9.17, 15) is 17.8 Å². The minimum absolute atomic E-state index is 0.0313. The Kier molecular flexibility index (Phi) is 4.71. The van der Waals surface area contributed by atoms with Gasteiger partial charge in [-0.25, -0.2) is 0 Å². The number of para-hydroxylation sites is 1. The van der Waals surface area contributed by atoms with E-state index in [0.29, 0.717) is 16.7 Å².